The van der Waals surface area contributed by atoms with E-state index in [0.29, 0.717) is 0 Å². The quantitative estimate of drug-likeness (QED) is 0.519. The highest BCUT2D eigenvalue weighted by atomic mass is 16.5. The van der Waals surface area contributed by atoms with Crippen molar-refractivity contribution in [2.45, 2.75) is 64.8 Å². The Balaban J connectivity index is 2.65. The summed E-state index contributed by atoms with van der Waals surface area (Å²) >= 11 is 0. The smallest absolute Gasteiger partial charge is 0.243 e. The monoisotopic (exact) mass is 327 g/mol. The second-order valence-corrected chi connectivity index (χ2v) is 6.14. The maximum absolute atomic E-state index is 12.4. The van der Waals surface area contributed by atoms with Gasteiger partial charge in [-0.2, -0.15) is 0 Å². The molecule has 1 unspecified atom stereocenters. The van der Waals surface area contributed by atoms with Gasteiger partial charge >= 0.3 is 0 Å². The lowest BCUT2D eigenvalue weighted by Gasteiger charge is -2.33. The van der Waals surface area contributed by atoms with Gasteiger partial charge in [-0.1, -0.05) is 13.3 Å². The van der Waals surface area contributed by atoms with Gasteiger partial charge in [0.15, 0.2) is 0 Å². The molecule has 1 heterocycles. The van der Waals surface area contributed by atoms with E-state index in [0.717, 1.165) is 45.2 Å². The molecule has 0 aromatic carbocycles. The van der Waals surface area contributed by atoms with Crippen molar-refractivity contribution in [3.8, 4) is 0 Å². The Morgan fingerprint density at radius 1 is 1.17 bits per heavy atom. The van der Waals surface area contributed by atoms with Crippen LogP contribution in [-0.2, 0) is 14.4 Å². The van der Waals surface area contributed by atoms with Crippen molar-refractivity contribution < 1.29 is 19.6 Å². The number of hydrogen-bond acceptors (Lipinski definition) is 4. The molecule has 7 nitrogen and oxygen atoms in total. The average Bonchev–Trinajstić information content (AvgIpc) is 2.57. The predicted octanol–water partition coefficient (Wildman–Crippen LogP) is 1.30. The zero-order valence-corrected chi connectivity index (χ0v) is 14.2. The normalized spacial score (nSPS) is 15.9. The van der Waals surface area contributed by atoms with Gasteiger partial charge < -0.3 is 9.80 Å². The van der Waals surface area contributed by atoms with Crippen LogP contribution in [0.1, 0.15) is 58.8 Å². The van der Waals surface area contributed by atoms with Crippen LogP contribution in [0.5, 0.6) is 0 Å². The number of hydroxylamine groups is 1. The summed E-state index contributed by atoms with van der Waals surface area (Å²) in [4.78, 5) is 39.3. The minimum Gasteiger partial charge on any atom is -0.341 e. The van der Waals surface area contributed by atoms with Crippen LogP contribution in [0.15, 0.2) is 0 Å². The standard InChI is InChI=1S/C16H29N3O4/c1-3-7-13(2)19(15(21)9-8-14(20)17-23)12-16(22)18-10-5-4-6-11-18/h13,23H,3-12H2,1-2H3,(H,17,20). The molecule has 0 saturated carbocycles. The molecule has 0 aromatic heterocycles. The van der Waals surface area contributed by atoms with E-state index in [2.05, 4.69) is 0 Å². The number of nitrogens with zero attached hydrogens (tertiary/aromatic N) is 2. The number of piperidine rings is 1. The Labute approximate surface area is 138 Å². The van der Waals surface area contributed by atoms with E-state index in [1.54, 1.807) is 4.90 Å². The average molecular weight is 327 g/mol. The molecule has 2 N–H and O–H groups in total. The van der Waals surface area contributed by atoms with Crippen LogP contribution in [-0.4, -0.2) is 58.4 Å². The van der Waals surface area contributed by atoms with Gasteiger partial charge in [-0.05, 0) is 32.6 Å². The van der Waals surface area contributed by atoms with Crippen molar-refractivity contribution in [2.24, 2.45) is 0 Å². The third kappa shape index (κ3) is 6.56. The Morgan fingerprint density at radius 2 is 1.83 bits per heavy atom. The van der Waals surface area contributed by atoms with E-state index in [4.69, 9.17) is 5.21 Å². The van der Waals surface area contributed by atoms with Crippen molar-refractivity contribution in [3.05, 3.63) is 0 Å². The van der Waals surface area contributed by atoms with Gasteiger partial charge in [0, 0.05) is 32.0 Å². The van der Waals surface area contributed by atoms with Crippen LogP contribution in [0.2, 0.25) is 0 Å². The molecule has 23 heavy (non-hydrogen) atoms. The van der Waals surface area contributed by atoms with E-state index >= 15 is 0 Å². The van der Waals surface area contributed by atoms with Crippen molar-refractivity contribution in [1.82, 2.24) is 15.3 Å². The van der Waals surface area contributed by atoms with Crippen LogP contribution < -0.4 is 5.48 Å². The molecule has 1 atom stereocenters. The fourth-order valence-corrected chi connectivity index (χ4v) is 2.87. The van der Waals surface area contributed by atoms with Crippen LogP contribution in [0.25, 0.3) is 0 Å². The fraction of sp³-hybridized carbons (Fsp3) is 0.812. The summed E-state index contributed by atoms with van der Waals surface area (Å²) in [5.74, 6) is -0.837. The zero-order chi connectivity index (χ0) is 17.2. The predicted molar refractivity (Wildman–Crippen MR) is 85.7 cm³/mol. The van der Waals surface area contributed by atoms with E-state index in [1.165, 1.54) is 5.48 Å². The van der Waals surface area contributed by atoms with Gasteiger partial charge in [-0.25, -0.2) is 5.48 Å². The molecular weight excluding hydrogens is 298 g/mol. The van der Waals surface area contributed by atoms with Crippen molar-refractivity contribution in [2.75, 3.05) is 19.6 Å². The summed E-state index contributed by atoms with van der Waals surface area (Å²) in [6.45, 7) is 5.55. The Hall–Kier alpha value is -1.63. The van der Waals surface area contributed by atoms with E-state index < -0.39 is 5.91 Å². The van der Waals surface area contributed by atoms with E-state index in [1.807, 2.05) is 18.7 Å². The summed E-state index contributed by atoms with van der Waals surface area (Å²) in [7, 11) is 0. The molecule has 1 aliphatic heterocycles. The number of hydrogen-bond donors (Lipinski definition) is 2. The lowest BCUT2D eigenvalue weighted by molar-refractivity contribution is -0.143. The van der Waals surface area contributed by atoms with Crippen molar-refractivity contribution in [1.29, 1.82) is 0 Å². The highest BCUT2D eigenvalue weighted by Crippen LogP contribution is 2.13. The third-order valence-electron chi connectivity index (χ3n) is 4.26. The van der Waals surface area contributed by atoms with Crippen LogP contribution >= 0.6 is 0 Å². The molecule has 1 saturated heterocycles. The van der Waals surface area contributed by atoms with Gasteiger partial charge in [-0.3, -0.25) is 19.6 Å². The summed E-state index contributed by atoms with van der Waals surface area (Å²) in [5.41, 5.74) is 1.52. The van der Waals surface area contributed by atoms with Gasteiger partial charge in [0.05, 0.1) is 6.54 Å². The minimum atomic E-state index is -0.594. The number of likely N-dealkylation sites (tertiary alicyclic amines) is 1. The minimum absolute atomic E-state index is 0.00622. The summed E-state index contributed by atoms with van der Waals surface area (Å²) in [5, 5.41) is 8.51. The maximum Gasteiger partial charge on any atom is 0.243 e. The van der Waals surface area contributed by atoms with Gasteiger partial charge in [0.2, 0.25) is 17.7 Å². The highest BCUT2D eigenvalue weighted by Gasteiger charge is 2.25. The number of rotatable bonds is 8. The first-order chi connectivity index (χ1) is 11.0. The molecule has 0 radical (unpaired) electrons. The maximum atomic E-state index is 12.4. The summed E-state index contributed by atoms with van der Waals surface area (Å²) in [6, 6.07) is -0.0431. The highest BCUT2D eigenvalue weighted by molar-refractivity contribution is 5.87. The Bertz CT molecular complexity index is 408. The van der Waals surface area contributed by atoms with Gasteiger partial charge in [0.1, 0.15) is 0 Å². The summed E-state index contributed by atoms with van der Waals surface area (Å²) < 4.78 is 0. The molecule has 1 fully saturated rings. The van der Waals surface area contributed by atoms with Crippen LogP contribution in [0.3, 0.4) is 0 Å². The van der Waals surface area contributed by atoms with Gasteiger partial charge in [0.25, 0.3) is 0 Å². The largest absolute Gasteiger partial charge is 0.341 e. The van der Waals surface area contributed by atoms with Crippen molar-refractivity contribution >= 4 is 17.7 Å². The van der Waals surface area contributed by atoms with E-state index in [9.17, 15) is 14.4 Å². The molecular formula is C16H29N3O4. The van der Waals surface area contributed by atoms with Crippen LogP contribution in [0, 0.1) is 0 Å². The lowest BCUT2D eigenvalue weighted by Crippen LogP contribution is -2.48. The van der Waals surface area contributed by atoms with Crippen LogP contribution in [0.4, 0.5) is 0 Å². The topological polar surface area (TPSA) is 90.0 Å². The zero-order valence-electron chi connectivity index (χ0n) is 14.2. The Morgan fingerprint density at radius 3 is 2.39 bits per heavy atom. The molecule has 0 aliphatic carbocycles. The number of carbonyl (C=O) groups excluding carboxylic acids is 3. The lowest BCUT2D eigenvalue weighted by atomic mass is 10.1. The molecule has 0 spiro atoms. The molecule has 7 heteroatoms. The first-order valence-electron chi connectivity index (χ1n) is 8.49. The number of amides is 3. The second-order valence-electron chi connectivity index (χ2n) is 6.14. The molecule has 0 aromatic rings. The first kappa shape index (κ1) is 19.4. The SMILES string of the molecule is CCCC(C)N(CC(=O)N1CCCCC1)C(=O)CCC(=O)NO. The molecule has 1 aliphatic rings. The first-order valence-corrected chi connectivity index (χ1v) is 8.49. The second kappa shape index (κ2) is 10.2. The third-order valence-corrected chi connectivity index (χ3v) is 4.26. The number of nitrogens with one attached hydrogen (secondary N) is 1. The molecule has 1 rings (SSSR count). The fourth-order valence-electron chi connectivity index (χ4n) is 2.87. The Kier molecular flexibility index (Phi) is 8.61. The van der Waals surface area contributed by atoms with E-state index in [-0.39, 0.29) is 37.2 Å². The molecule has 0 bridgehead atoms. The number of carbonyl (C=O) groups is 3. The molecule has 3 amide bonds. The molecule has 132 valence electrons. The van der Waals surface area contributed by atoms with Crippen molar-refractivity contribution in [3.63, 3.8) is 0 Å². The van der Waals surface area contributed by atoms with Gasteiger partial charge in [-0.15, -0.1) is 0 Å². The summed E-state index contributed by atoms with van der Waals surface area (Å²) in [6.07, 6.45) is 4.82.